The highest BCUT2D eigenvalue weighted by molar-refractivity contribution is 5.92. The minimum atomic E-state index is -1.08. The van der Waals surface area contributed by atoms with Crippen LogP contribution < -0.4 is 0 Å². The molecule has 1 aromatic heterocycles. The predicted molar refractivity (Wildman–Crippen MR) is 74.1 cm³/mol. The number of carboxylic acids is 1. The Balaban J connectivity index is 2.22. The molecule has 0 unspecified atom stereocenters. The first kappa shape index (κ1) is 15.7. The number of hydrogen-bond acceptors (Lipinski definition) is 2. The fourth-order valence-electron chi connectivity index (χ4n) is 1.99. The molecular formula is C15H14F2N2O3. The van der Waals surface area contributed by atoms with Crippen LogP contribution in [0.3, 0.4) is 0 Å². The van der Waals surface area contributed by atoms with Crippen LogP contribution in [0.15, 0.2) is 36.5 Å². The lowest BCUT2D eigenvalue weighted by Crippen LogP contribution is -2.33. The molecule has 0 saturated heterocycles. The number of aromatic amines is 1. The van der Waals surface area contributed by atoms with E-state index in [0.717, 1.165) is 11.0 Å². The Bertz CT molecular complexity index is 671. The number of nitrogens with one attached hydrogen (secondary N) is 1. The third-order valence-electron chi connectivity index (χ3n) is 3.10. The van der Waals surface area contributed by atoms with Crippen molar-refractivity contribution in [3.63, 3.8) is 0 Å². The summed E-state index contributed by atoms with van der Waals surface area (Å²) in [6, 6.07) is 6.81. The molecule has 0 aliphatic rings. The lowest BCUT2D eigenvalue weighted by Gasteiger charge is -2.22. The Morgan fingerprint density at radius 2 is 1.95 bits per heavy atom. The number of rotatable bonds is 6. The van der Waals surface area contributed by atoms with Crippen LogP contribution in [0, 0.1) is 11.6 Å². The highest BCUT2D eigenvalue weighted by Gasteiger charge is 2.20. The van der Waals surface area contributed by atoms with E-state index in [0.29, 0.717) is 0 Å². The number of H-pyrrole nitrogens is 1. The highest BCUT2D eigenvalue weighted by atomic mass is 19.2. The molecule has 5 nitrogen and oxygen atoms in total. The number of carboxylic acid groups (broad SMARTS) is 1. The number of aliphatic carboxylic acids is 1. The summed E-state index contributed by atoms with van der Waals surface area (Å²) in [5.74, 6) is -3.61. The van der Waals surface area contributed by atoms with Crippen LogP contribution in [-0.2, 0) is 11.3 Å². The molecule has 2 rings (SSSR count). The van der Waals surface area contributed by atoms with E-state index < -0.39 is 23.5 Å². The Morgan fingerprint density at radius 1 is 1.18 bits per heavy atom. The average Bonchev–Trinajstić information content (AvgIpc) is 3.01. The molecule has 1 aromatic carbocycles. The van der Waals surface area contributed by atoms with E-state index in [9.17, 15) is 18.4 Å². The standard InChI is InChI=1S/C15H14F2N2O3/c16-11-4-1-3-10(14(11)17)9-19(8-6-13(20)21)15(22)12-5-2-7-18-12/h1-5,7,18H,6,8-9H2,(H,20,21). The zero-order chi connectivity index (χ0) is 16.1. The molecule has 7 heteroatoms. The van der Waals surface area contributed by atoms with Crippen LogP contribution in [0.5, 0.6) is 0 Å². The van der Waals surface area contributed by atoms with Crippen molar-refractivity contribution in [3.05, 3.63) is 59.4 Å². The molecule has 0 aliphatic carbocycles. The molecule has 22 heavy (non-hydrogen) atoms. The summed E-state index contributed by atoms with van der Waals surface area (Å²) in [4.78, 5) is 26.9. The van der Waals surface area contributed by atoms with E-state index in [4.69, 9.17) is 5.11 Å². The van der Waals surface area contributed by atoms with Crippen LogP contribution in [0.4, 0.5) is 8.78 Å². The normalized spacial score (nSPS) is 10.5. The molecule has 1 heterocycles. The van der Waals surface area contributed by atoms with E-state index in [1.54, 1.807) is 12.3 Å². The summed E-state index contributed by atoms with van der Waals surface area (Å²) < 4.78 is 27.0. The molecule has 2 aromatic rings. The maximum atomic E-state index is 13.7. The van der Waals surface area contributed by atoms with Crippen molar-refractivity contribution in [3.8, 4) is 0 Å². The van der Waals surface area contributed by atoms with Gasteiger partial charge in [-0.3, -0.25) is 9.59 Å². The van der Waals surface area contributed by atoms with E-state index >= 15 is 0 Å². The number of halogens is 2. The van der Waals surface area contributed by atoms with E-state index in [1.165, 1.54) is 18.2 Å². The van der Waals surface area contributed by atoms with E-state index in [-0.39, 0.29) is 30.8 Å². The van der Waals surface area contributed by atoms with Gasteiger partial charge in [0.25, 0.3) is 5.91 Å². The van der Waals surface area contributed by atoms with Gasteiger partial charge in [-0.15, -0.1) is 0 Å². The lowest BCUT2D eigenvalue weighted by atomic mass is 10.1. The second-order valence-corrected chi connectivity index (χ2v) is 4.67. The molecule has 0 aliphatic heterocycles. The summed E-state index contributed by atoms with van der Waals surface area (Å²) in [6.07, 6.45) is 1.26. The van der Waals surface area contributed by atoms with Gasteiger partial charge in [-0.05, 0) is 18.2 Å². The zero-order valence-electron chi connectivity index (χ0n) is 11.6. The van der Waals surface area contributed by atoms with Crippen molar-refractivity contribution < 1.29 is 23.5 Å². The summed E-state index contributed by atoms with van der Waals surface area (Å²) >= 11 is 0. The summed E-state index contributed by atoms with van der Waals surface area (Å²) in [6.45, 7) is -0.322. The third-order valence-corrected chi connectivity index (χ3v) is 3.10. The van der Waals surface area contributed by atoms with Crippen LogP contribution >= 0.6 is 0 Å². The van der Waals surface area contributed by atoms with Crippen LogP contribution in [0.1, 0.15) is 22.5 Å². The first-order valence-electron chi connectivity index (χ1n) is 6.56. The van der Waals surface area contributed by atoms with Crippen molar-refractivity contribution in [2.45, 2.75) is 13.0 Å². The van der Waals surface area contributed by atoms with Crippen molar-refractivity contribution in [2.24, 2.45) is 0 Å². The molecular weight excluding hydrogens is 294 g/mol. The van der Waals surface area contributed by atoms with E-state index in [2.05, 4.69) is 4.98 Å². The molecule has 0 fully saturated rings. The van der Waals surface area contributed by atoms with Gasteiger partial charge >= 0.3 is 5.97 Å². The van der Waals surface area contributed by atoms with Gasteiger partial charge in [0.05, 0.1) is 6.42 Å². The SMILES string of the molecule is O=C(O)CCN(Cc1cccc(F)c1F)C(=O)c1ccc[nH]1. The number of benzene rings is 1. The molecule has 2 N–H and O–H groups in total. The topological polar surface area (TPSA) is 73.4 Å². The van der Waals surface area contributed by atoms with Gasteiger partial charge in [-0.25, -0.2) is 8.78 Å². The monoisotopic (exact) mass is 308 g/mol. The quantitative estimate of drug-likeness (QED) is 0.860. The van der Waals surface area contributed by atoms with Gasteiger partial charge in [-0.1, -0.05) is 12.1 Å². The van der Waals surface area contributed by atoms with Crippen molar-refractivity contribution in [1.29, 1.82) is 0 Å². The first-order valence-corrected chi connectivity index (χ1v) is 6.56. The van der Waals surface area contributed by atoms with Gasteiger partial charge in [0.2, 0.25) is 0 Å². The second kappa shape index (κ2) is 6.84. The van der Waals surface area contributed by atoms with Crippen molar-refractivity contribution in [2.75, 3.05) is 6.54 Å². The molecule has 0 saturated carbocycles. The Hall–Kier alpha value is -2.70. The predicted octanol–water partition coefficient (Wildman–Crippen LogP) is 2.41. The average molecular weight is 308 g/mol. The molecule has 1 amide bonds. The number of carbonyl (C=O) groups excluding carboxylic acids is 1. The first-order chi connectivity index (χ1) is 10.5. The maximum Gasteiger partial charge on any atom is 0.305 e. The number of aromatic nitrogens is 1. The molecule has 0 spiro atoms. The Labute approximate surface area is 125 Å². The summed E-state index contributed by atoms with van der Waals surface area (Å²) in [5.41, 5.74) is 0.243. The fourth-order valence-corrected chi connectivity index (χ4v) is 1.99. The smallest absolute Gasteiger partial charge is 0.305 e. The highest BCUT2D eigenvalue weighted by Crippen LogP contribution is 2.15. The number of carbonyl (C=O) groups is 2. The molecule has 0 atom stereocenters. The largest absolute Gasteiger partial charge is 0.481 e. The third kappa shape index (κ3) is 3.69. The fraction of sp³-hybridized carbons (Fsp3) is 0.200. The van der Waals surface area contributed by atoms with Gasteiger partial charge in [-0.2, -0.15) is 0 Å². The minimum Gasteiger partial charge on any atom is -0.481 e. The van der Waals surface area contributed by atoms with Gasteiger partial charge in [0, 0.05) is 24.8 Å². The van der Waals surface area contributed by atoms with Crippen LogP contribution in [-0.4, -0.2) is 33.4 Å². The van der Waals surface area contributed by atoms with Crippen molar-refractivity contribution >= 4 is 11.9 Å². The molecule has 116 valence electrons. The molecule has 0 bridgehead atoms. The minimum absolute atomic E-state index is 0.00899. The number of amides is 1. The Kier molecular flexibility index (Phi) is 4.88. The zero-order valence-corrected chi connectivity index (χ0v) is 11.6. The van der Waals surface area contributed by atoms with Crippen LogP contribution in [0.25, 0.3) is 0 Å². The number of nitrogens with zero attached hydrogens (tertiary/aromatic N) is 1. The van der Waals surface area contributed by atoms with Gasteiger partial charge < -0.3 is 15.0 Å². The van der Waals surface area contributed by atoms with Gasteiger partial charge in [0.1, 0.15) is 5.69 Å². The summed E-state index contributed by atoms with van der Waals surface area (Å²) in [5, 5.41) is 8.76. The van der Waals surface area contributed by atoms with Crippen LogP contribution in [0.2, 0.25) is 0 Å². The van der Waals surface area contributed by atoms with E-state index in [1.807, 2.05) is 0 Å². The summed E-state index contributed by atoms with van der Waals surface area (Å²) in [7, 11) is 0. The van der Waals surface area contributed by atoms with Gasteiger partial charge in [0.15, 0.2) is 11.6 Å². The maximum absolute atomic E-state index is 13.7. The molecule has 0 radical (unpaired) electrons. The number of hydrogen-bond donors (Lipinski definition) is 2. The van der Waals surface area contributed by atoms with Crippen molar-refractivity contribution in [1.82, 2.24) is 9.88 Å². The lowest BCUT2D eigenvalue weighted by molar-refractivity contribution is -0.137. The Morgan fingerprint density at radius 3 is 2.59 bits per heavy atom. The second-order valence-electron chi connectivity index (χ2n) is 4.67.